The van der Waals surface area contributed by atoms with E-state index < -0.39 is 0 Å². The summed E-state index contributed by atoms with van der Waals surface area (Å²) in [4.78, 5) is 10.9. The molecule has 0 fully saturated rings. The van der Waals surface area contributed by atoms with Gasteiger partial charge in [0.15, 0.2) is 0 Å². The van der Waals surface area contributed by atoms with Gasteiger partial charge in [0, 0.05) is 12.5 Å². The van der Waals surface area contributed by atoms with Crippen molar-refractivity contribution in [2.45, 2.75) is 19.9 Å². The van der Waals surface area contributed by atoms with Gasteiger partial charge in [0.2, 0.25) is 5.91 Å². The van der Waals surface area contributed by atoms with Crippen molar-refractivity contribution in [1.29, 1.82) is 0 Å². The third-order valence-corrected chi connectivity index (χ3v) is 2.12. The third-order valence-electron chi connectivity index (χ3n) is 2.12. The lowest BCUT2D eigenvalue weighted by Gasteiger charge is -2.15. The van der Waals surface area contributed by atoms with Gasteiger partial charge in [0.05, 0.1) is 13.2 Å². The van der Waals surface area contributed by atoms with E-state index in [4.69, 9.17) is 4.74 Å². The van der Waals surface area contributed by atoms with Crippen molar-refractivity contribution < 1.29 is 14.6 Å². The van der Waals surface area contributed by atoms with Gasteiger partial charge in [0.25, 0.3) is 0 Å². The van der Waals surface area contributed by atoms with E-state index in [1.807, 2.05) is 0 Å². The number of phenols is 1. The minimum atomic E-state index is -0.238. The average Bonchev–Trinajstić information content (AvgIpc) is 2.17. The van der Waals surface area contributed by atoms with E-state index in [0.717, 1.165) is 0 Å². The van der Waals surface area contributed by atoms with Crippen LogP contribution in [-0.2, 0) is 4.79 Å². The molecule has 4 heteroatoms. The molecule has 1 atom stereocenters. The molecule has 15 heavy (non-hydrogen) atoms. The van der Waals surface area contributed by atoms with Crippen LogP contribution in [0, 0.1) is 0 Å². The van der Waals surface area contributed by atoms with E-state index >= 15 is 0 Å². The van der Waals surface area contributed by atoms with Crippen LogP contribution < -0.4 is 10.1 Å². The van der Waals surface area contributed by atoms with Crippen LogP contribution in [0.25, 0.3) is 0 Å². The number of aromatic hydroxyl groups is 1. The van der Waals surface area contributed by atoms with Gasteiger partial charge < -0.3 is 15.2 Å². The number of rotatable bonds is 3. The molecular formula is C11H15NO3. The highest BCUT2D eigenvalue weighted by Crippen LogP contribution is 2.28. The molecule has 2 N–H and O–H groups in total. The lowest BCUT2D eigenvalue weighted by Crippen LogP contribution is -2.23. The van der Waals surface area contributed by atoms with Gasteiger partial charge in [-0.05, 0) is 25.1 Å². The smallest absolute Gasteiger partial charge is 0.217 e. The summed E-state index contributed by atoms with van der Waals surface area (Å²) in [6, 6.07) is 4.68. The van der Waals surface area contributed by atoms with Crippen LogP contribution in [0.15, 0.2) is 18.2 Å². The lowest BCUT2D eigenvalue weighted by molar-refractivity contribution is -0.119. The Labute approximate surface area is 88.9 Å². The Morgan fingerprint density at radius 3 is 2.73 bits per heavy atom. The Hall–Kier alpha value is -1.71. The topological polar surface area (TPSA) is 58.6 Å². The number of benzene rings is 1. The quantitative estimate of drug-likeness (QED) is 0.794. The zero-order valence-electron chi connectivity index (χ0n) is 9.07. The first-order valence-electron chi connectivity index (χ1n) is 4.68. The number of carbonyl (C=O) groups excluding carboxylic acids is 1. The summed E-state index contributed by atoms with van der Waals surface area (Å²) >= 11 is 0. The average molecular weight is 209 g/mol. The Bertz CT molecular complexity index is 363. The summed E-state index contributed by atoms with van der Waals surface area (Å²) in [5.74, 6) is 0.668. The number of hydrogen-bond acceptors (Lipinski definition) is 3. The van der Waals surface area contributed by atoms with E-state index in [-0.39, 0.29) is 17.7 Å². The van der Waals surface area contributed by atoms with Crippen molar-refractivity contribution in [3.8, 4) is 11.5 Å². The summed E-state index contributed by atoms with van der Waals surface area (Å²) in [5.41, 5.74) is 0.643. The molecule has 4 nitrogen and oxygen atoms in total. The van der Waals surface area contributed by atoms with Crippen LogP contribution in [0.1, 0.15) is 25.5 Å². The molecule has 1 amide bonds. The van der Waals surface area contributed by atoms with Crippen LogP contribution in [0.4, 0.5) is 0 Å². The molecule has 1 aromatic carbocycles. The highest BCUT2D eigenvalue weighted by molar-refractivity contribution is 5.73. The van der Waals surface area contributed by atoms with Gasteiger partial charge in [0.1, 0.15) is 11.5 Å². The predicted octanol–water partition coefficient (Wildman–Crippen LogP) is 1.60. The molecule has 0 aliphatic carbocycles. The highest BCUT2D eigenvalue weighted by Gasteiger charge is 2.12. The number of nitrogens with one attached hydrogen (secondary N) is 1. The van der Waals surface area contributed by atoms with E-state index in [1.165, 1.54) is 6.92 Å². The maximum atomic E-state index is 10.9. The van der Waals surface area contributed by atoms with Crippen molar-refractivity contribution >= 4 is 5.91 Å². The van der Waals surface area contributed by atoms with Crippen LogP contribution in [0.3, 0.4) is 0 Å². The standard InChI is InChI=1S/C11H15NO3/c1-7(12-8(2)13)10-6-9(15-3)4-5-11(10)14/h4-7,14H,1-3H3,(H,12,13). The normalized spacial score (nSPS) is 11.9. The molecule has 0 aromatic heterocycles. The number of amides is 1. The summed E-state index contributed by atoms with van der Waals surface area (Å²) in [7, 11) is 1.55. The molecule has 0 saturated carbocycles. The first-order chi connectivity index (χ1) is 7.04. The minimum Gasteiger partial charge on any atom is -0.508 e. The molecule has 0 aliphatic heterocycles. The van der Waals surface area contributed by atoms with E-state index in [0.29, 0.717) is 11.3 Å². The molecule has 1 aromatic rings. The molecule has 0 radical (unpaired) electrons. The molecule has 1 rings (SSSR count). The first-order valence-corrected chi connectivity index (χ1v) is 4.68. The van der Waals surface area contributed by atoms with Crippen molar-refractivity contribution in [3.63, 3.8) is 0 Å². The van der Waals surface area contributed by atoms with E-state index in [9.17, 15) is 9.90 Å². The van der Waals surface area contributed by atoms with Gasteiger partial charge >= 0.3 is 0 Å². The SMILES string of the molecule is COc1ccc(O)c(C(C)NC(C)=O)c1. The Kier molecular flexibility index (Phi) is 3.55. The number of hydrogen-bond donors (Lipinski definition) is 2. The fourth-order valence-electron chi connectivity index (χ4n) is 1.39. The van der Waals surface area contributed by atoms with Crippen molar-refractivity contribution in [2.24, 2.45) is 0 Å². The van der Waals surface area contributed by atoms with Crippen molar-refractivity contribution in [2.75, 3.05) is 7.11 Å². The van der Waals surface area contributed by atoms with Crippen LogP contribution in [0.2, 0.25) is 0 Å². The van der Waals surface area contributed by atoms with Gasteiger partial charge in [-0.2, -0.15) is 0 Å². The Morgan fingerprint density at radius 2 is 2.20 bits per heavy atom. The van der Waals surface area contributed by atoms with Gasteiger partial charge in [-0.1, -0.05) is 0 Å². The fraction of sp³-hybridized carbons (Fsp3) is 0.364. The lowest BCUT2D eigenvalue weighted by atomic mass is 10.1. The monoisotopic (exact) mass is 209 g/mol. The largest absolute Gasteiger partial charge is 0.508 e. The summed E-state index contributed by atoms with van der Waals surface area (Å²) in [6.07, 6.45) is 0. The van der Waals surface area contributed by atoms with Crippen molar-refractivity contribution in [1.82, 2.24) is 5.32 Å². The number of methoxy groups -OCH3 is 1. The molecule has 0 bridgehead atoms. The van der Waals surface area contributed by atoms with Crippen LogP contribution >= 0.6 is 0 Å². The zero-order chi connectivity index (χ0) is 11.4. The van der Waals surface area contributed by atoms with E-state index in [2.05, 4.69) is 5.32 Å². The maximum absolute atomic E-state index is 10.9. The first kappa shape index (κ1) is 11.4. The minimum absolute atomic E-state index is 0.135. The Morgan fingerprint density at radius 1 is 1.53 bits per heavy atom. The van der Waals surface area contributed by atoms with Gasteiger partial charge in [-0.25, -0.2) is 0 Å². The second-order valence-electron chi connectivity index (χ2n) is 3.35. The number of phenolic OH excluding ortho intramolecular Hbond substituents is 1. The van der Waals surface area contributed by atoms with Crippen LogP contribution in [-0.4, -0.2) is 18.1 Å². The van der Waals surface area contributed by atoms with Crippen LogP contribution in [0.5, 0.6) is 11.5 Å². The van der Waals surface area contributed by atoms with Gasteiger partial charge in [-0.15, -0.1) is 0 Å². The molecule has 0 aliphatic rings. The summed E-state index contributed by atoms with van der Waals surface area (Å²) in [6.45, 7) is 3.24. The zero-order valence-corrected chi connectivity index (χ0v) is 9.07. The molecular weight excluding hydrogens is 194 g/mol. The number of ether oxygens (including phenoxy) is 1. The third kappa shape index (κ3) is 2.87. The molecule has 1 unspecified atom stereocenters. The second-order valence-corrected chi connectivity index (χ2v) is 3.35. The fourth-order valence-corrected chi connectivity index (χ4v) is 1.39. The predicted molar refractivity (Wildman–Crippen MR) is 56.9 cm³/mol. The Balaban J connectivity index is 2.95. The molecule has 82 valence electrons. The van der Waals surface area contributed by atoms with E-state index in [1.54, 1.807) is 32.2 Å². The molecule has 0 spiro atoms. The van der Waals surface area contributed by atoms with Crippen molar-refractivity contribution in [3.05, 3.63) is 23.8 Å². The summed E-state index contributed by atoms with van der Waals surface area (Å²) < 4.78 is 5.04. The molecule has 0 heterocycles. The molecule has 0 saturated heterocycles. The maximum Gasteiger partial charge on any atom is 0.217 e. The second kappa shape index (κ2) is 4.68. The number of carbonyl (C=O) groups is 1. The summed E-state index contributed by atoms with van der Waals surface area (Å²) in [5, 5.41) is 12.3. The van der Waals surface area contributed by atoms with Gasteiger partial charge in [-0.3, -0.25) is 4.79 Å². The highest BCUT2D eigenvalue weighted by atomic mass is 16.5.